The van der Waals surface area contributed by atoms with Gasteiger partial charge < -0.3 is 14.7 Å². The Kier molecular flexibility index (Phi) is 5.81. The number of anilines is 1. The molecule has 1 aromatic carbocycles. The summed E-state index contributed by atoms with van der Waals surface area (Å²) in [6.45, 7) is 3.11. The van der Waals surface area contributed by atoms with Gasteiger partial charge in [-0.05, 0) is 30.7 Å². The Bertz CT molecular complexity index is 512. The molecule has 0 saturated carbocycles. The predicted octanol–water partition coefficient (Wildman–Crippen LogP) is 3.08. The molecule has 22 heavy (non-hydrogen) atoms. The number of carbonyl (C=O) groups excluding carboxylic acids is 1. The van der Waals surface area contributed by atoms with Gasteiger partial charge in [0.25, 0.3) is 0 Å². The van der Waals surface area contributed by atoms with Crippen LogP contribution in [0.15, 0.2) is 24.3 Å². The van der Waals surface area contributed by atoms with Gasteiger partial charge in [-0.1, -0.05) is 26.2 Å². The van der Waals surface area contributed by atoms with Gasteiger partial charge in [-0.25, -0.2) is 0 Å². The molecule has 1 aromatic rings. The second kappa shape index (κ2) is 7.82. The standard InChI is InChI=1S/C17H23NO4/c1-2-3-4-5-10-22-15-8-6-14(7-9-15)18-12-13(17(20)21)11-16(18)19/h6-9,13H,2-5,10-12H2,1H3,(H,20,21). The van der Waals surface area contributed by atoms with Crippen molar-refractivity contribution in [3.63, 3.8) is 0 Å². The molecule has 1 aliphatic rings. The number of hydrogen-bond acceptors (Lipinski definition) is 3. The minimum Gasteiger partial charge on any atom is -0.494 e. The van der Waals surface area contributed by atoms with Crippen LogP contribution in [0.5, 0.6) is 5.75 Å². The fraction of sp³-hybridized carbons (Fsp3) is 0.529. The SMILES string of the molecule is CCCCCCOc1ccc(N2CC(C(=O)O)CC2=O)cc1. The van der Waals surface area contributed by atoms with Crippen LogP contribution in [0.4, 0.5) is 5.69 Å². The summed E-state index contributed by atoms with van der Waals surface area (Å²) in [4.78, 5) is 24.4. The largest absolute Gasteiger partial charge is 0.494 e. The van der Waals surface area contributed by atoms with E-state index in [1.165, 1.54) is 24.2 Å². The first-order chi connectivity index (χ1) is 10.6. The Morgan fingerprint density at radius 2 is 2.00 bits per heavy atom. The summed E-state index contributed by atoms with van der Waals surface area (Å²) in [7, 11) is 0. The smallest absolute Gasteiger partial charge is 0.308 e. The number of amides is 1. The van der Waals surface area contributed by atoms with Gasteiger partial charge in [0, 0.05) is 18.7 Å². The van der Waals surface area contributed by atoms with Gasteiger partial charge in [-0.2, -0.15) is 0 Å². The molecule has 1 unspecified atom stereocenters. The maximum absolute atomic E-state index is 11.9. The average molecular weight is 305 g/mol. The third-order valence-corrected chi connectivity index (χ3v) is 3.89. The molecule has 1 aliphatic heterocycles. The summed E-state index contributed by atoms with van der Waals surface area (Å²) in [6, 6.07) is 7.28. The van der Waals surface area contributed by atoms with Gasteiger partial charge in [-0.15, -0.1) is 0 Å². The van der Waals surface area contributed by atoms with Crippen molar-refractivity contribution in [2.45, 2.75) is 39.0 Å². The van der Waals surface area contributed by atoms with Crippen molar-refractivity contribution in [1.29, 1.82) is 0 Å². The van der Waals surface area contributed by atoms with E-state index in [0.717, 1.165) is 17.9 Å². The number of unbranched alkanes of at least 4 members (excludes halogenated alkanes) is 3. The summed E-state index contributed by atoms with van der Waals surface area (Å²) in [6.07, 6.45) is 4.72. The molecule has 0 aliphatic carbocycles. The summed E-state index contributed by atoms with van der Waals surface area (Å²) in [5.41, 5.74) is 0.729. The topological polar surface area (TPSA) is 66.8 Å². The molecule has 2 rings (SSSR count). The maximum atomic E-state index is 11.9. The van der Waals surface area contributed by atoms with Crippen LogP contribution in [0, 0.1) is 5.92 Å². The Labute approximate surface area is 130 Å². The quantitative estimate of drug-likeness (QED) is 0.749. The zero-order chi connectivity index (χ0) is 15.9. The summed E-state index contributed by atoms with van der Waals surface area (Å²) in [5, 5.41) is 9.00. The van der Waals surface area contributed by atoms with E-state index in [-0.39, 0.29) is 18.9 Å². The molecule has 5 nitrogen and oxygen atoms in total. The van der Waals surface area contributed by atoms with Crippen LogP contribution in [0.3, 0.4) is 0 Å². The van der Waals surface area contributed by atoms with Crippen molar-refractivity contribution in [2.24, 2.45) is 5.92 Å². The molecule has 1 heterocycles. The third kappa shape index (κ3) is 4.23. The van der Waals surface area contributed by atoms with Crippen molar-refractivity contribution in [3.05, 3.63) is 24.3 Å². The Morgan fingerprint density at radius 3 is 2.59 bits per heavy atom. The number of nitrogens with zero attached hydrogens (tertiary/aromatic N) is 1. The van der Waals surface area contributed by atoms with Crippen molar-refractivity contribution < 1.29 is 19.4 Å². The first-order valence-electron chi connectivity index (χ1n) is 7.88. The molecule has 5 heteroatoms. The molecule has 0 bridgehead atoms. The fourth-order valence-electron chi connectivity index (χ4n) is 2.56. The highest BCUT2D eigenvalue weighted by atomic mass is 16.5. The minimum absolute atomic E-state index is 0.0744. The molecule has 1 amide bonds. The van der Waals surface area contributed by atoms with Crippen LogP contribution in [-0.2, 0) is 9.59 Å². The van der Waals surface area contributed by atoms with E-state index < -0.39 is 11.9 Å². The molecule has 0 aromatic heterocycles. The van der Waals surface area contributed by atoms with Crippen LogP contribution in [0.25, 0.3) is 0 Å². The number of ether oxygens (including phenoxy) is 1. The monoisotopic (exact) mass is 305 g/mol. The lowest BCUT2D eigenvalue weighted by atomic mass is 10.1. The first kappa shape index (κ1) is 16.3. The minimum atomic E-state index is -0.914. The normalized spacial score (nSPS) is 17.8. The number of carbonyl (C=O) groups is 2. The van der Waals surface area contributed by atoms with E-state index in [0.29, 0.717) is 6.61 Å². The van der Waals surface area contributed by atoms with Crippen molar-refractivity contribution in [2.75, 3.05) is 18.1 Å². The second-order valence-electron chi connectivity index (χ2n) is 5.65. The zero-order valence-electron chi connectivity index (χ0n) is 13.0. The lowest BCUT2D eigenvalue weighted by Gasteiger charge is -2.16. The lowest BCUT2D eigenvalue weighted by molar-refractivity contribution is -0.141. The summed E-state index contributed by atoms with van der Waals surface area (Å²) < 4.78 is 5.66. The number of carboxylic acid groups (broad SMARTS) is 1. The second-order valence-corrected chi connectivity index (χ2v) is 5.65. The van der Waals surface area contributed by atoms with Crippen molar-refractivity contribution in [1.82, 2.24) is 0 Å². The molecular formula is C17H23NO4. The van der Waals surface area contributed by atoms with Crippen LogP contribution in [0.2, 0.25) is 0 Å². The van der Waals surface area contributed by atoms with E-state index >= 15 is 0 Å². The third-order valence-electron chi connectivity index (χ3n) is 3.89. The zero-order valence-corrected chi connectivity index (χ0v) is 13.0. The van der Waals surface area contributed by atoms with Gasteiger partial charge in [0.05, 0.1) is 12.5 Å². The highest BCUT2D eigenvalue weighted by molar-refractivity contribution is 5.99. The van der Waals surface area contributed by atoms with E-state index in [4.69, 9.17) is 9.84 Å². The molecule has 0 spiro atoms. The van der Waals surface area contributed by atoms with Gasteiger partial charge >= 0.3 is 5.97 Å². The highest BCUT2D eigenvalue weighted by Gasteiger charge is 2.34. The van der Waals surface area contributed by atoms with E-state index in [2.05, 4.69) is 6.92 Å². The lowest BCUT2D eigenvalue weighted by Crippen LogP contribution is -2.25. The predicted molar refractivity (Wildman–Crippen MR) is 84.2 cm³/mol. The molecule has 1 N–H and O–H groups in total. The van der Waals surface area contributed by atoms with Crippen molar-refractivity contribution in [3.8, 4) is 5.75 Å². The maximum Gasteiger partial charge on any atom is 0.308 e. The number of carboxylic acids is 1. The first-order valence-corrected chi connectivity index (χ1v) is 7.88. The summed E-state index contributed by atoms with van der Waals surface area (Å²) >= 11 is 0. The van der Waals surface area contributed by atoms with Crippen LogP contribution in [-0.4, -0.2) is 30.1 Å². The van der Waals surface area contributed by atoms with Crippen LogP contribution in [0.1, 0.15) is 39.0 Å². The average Bonchev–Trinajstić information content (AvgIpc) is 2.90. The fourth-order valence-corrected chi connectivity index (χ4v) is 2.56. The number of aliphatic carboxylic acids is 1. The molecule has 1 saturated heterocycles. The van der Waals surface area contributed by atoms with E-state index in [9.17, 15) is 9.59 Å². The molecule has 1 atom stereocenters. The molecule has 1 fully saturated rings. The number of benzene rings is 1. The van der Waals surface area contributed by atoms with Crippen LogP contribution < -0.4 is 9.64 Å². The molecule has 120 valence electrons. The van der Waals surface area contributed by atoms with Gasteiger partial charge in [0.2, 0.25) is 5.91 Å². The Morgan fingerprint density at radius 1 is 1.27 bits per heavy atom. The van der Waals surface area contributed by atoms with Gasteiger partial charge in [0.1, 0.15) is 5.75 Å². The number of hydrogen-bond donors (Lipinski definition) is 1. The Balaban J connectivity index is 1.86. The Hall–Kier alpha value is -2.04. The van der Waals surface area contributed by atoms with Crippen LogP contribution >= 0.6 is 0 Å². The highest BCUT2D eigenvalue weighted by Crippen LogP contribution is 2.27. The van der Waals surface area contributed by atoms with Crippen molar-refractivity contribution >= 4 is 17.6 Å². The van der Waals surface area contributed by atoms with E-state index in [1.54, 1.807) is 0 Å². The molecular weight excluding hydrogens is 282 g/mol. The van der Waals surface area contributed by atoms with Gasteiger partial charge in [-0.3, -0.25) is 9.59 Å². The summed E-state index contributed by atoms with van der Waals surface area (Å²) in [5.74, 6) is -0.882. The number of rotatable bonds is 8. The molecule has 0 radical (unpaired) electrons. The van der Waals surface area contributed by atoms with Gasteiger partial charge in [0.15, 0.2) is 0 Å². The van der Waals surface area contributed by atoms with E-state index in [1.807, 2.05) is 24.3 Å².